The monoisotopic (exact) mass is 306 g/mol. The molecule has 4 nitrogen and oxygen atoms in total. The number of nitrogens with one attached hydrogen (secondary N) is 2. The second kappa shape index (κ2) is 7.96. The molecule has 0 radical (unpaired) electrons. The van der Waals surface area contributed by atoms with Crippen molar-refractivity contribution in [1.82, 2.24) is 10.6 Å². The molecule has 2 amide bonds. The molecule has 0 bridgehead atoms. The predicted molar refractivity (Wildman–Crippen MR) is 72.1 cm³/mol. The van der Waals surface area contributed by atoms with Crippen molar-refractivity contribution >= 4 is 35.0 Å². The van der Waals surface area contributed by atoms with Gasteiger partial charge < -0.3 is 10.6 Å². The van der Waals surface area contributed by atoms with Crippen molar-refractivity contribution in [3.8, 4) is 0 Å². The molecule has 0 unspecified atom stereocenters. The van der Waals surface area contributed by atoms with Gasteiger partial charge in [-0.05, 0) is 12.1 Å². The van der Waals surface area contributed by atoms with Gasteiger partial charge in [0, 0.05) is 25.4 Å². The molecule has 0 saturated heterocycles. The molecule has 104 valence electrons. The lowest BCUT2D eigenvalue weighted by Crippen LogP contribution is -2.35. The molecule has 0 atom stereocenters. The lowest BCUT2D eigenvalue weighted by atomic mass is 10.2. The van der Waals surface area contributed by atoms with Gasteiger partial charge in [0.1, 0.15) is 5.82 Å². The number of halogens is 3. The number of amides is 2. The fourth-order valence-corrected chi connectivity index (χ4v) is 1.78. The first-order valence-corrected chi connectivity index (χ1v) is 6.52. The highest BCUT2D eigenvalue weighted by molar-refractivity contribution is 6.33. The second-order valence-corrected chi connectivity index (χ2v) is 4.43. The summed E-state index contributed by atoms with van der Waals surface area (Å²) in [7, 11) is 0. The maximum absolute atomic E-state index is 13.4. The maximum atomic E-state index is 13.4. The average molecular weight is 307 g/mol. The Kier molecular flexibility index (Phi) is 6.59. The minimum Gasteiger partial charge on any atom is -0.354 e. The molecule has 0 aliphatic rings. The summed E-state index contributed by atoms with van der Waals surface area (Å²) in [6, 6.07) is 4.01. The van der Waals surface area contributed by atoms with Gasteiger partial charge in [0.05, 0.1) is 10.6 Å². The lowest BCUT2D eigenvalue weighted by molar-refractivity contribution is -0.120. The van der Waals surface area contributed by atoms with E-state index in [0.29, 0.717) is 0 Å². The van der Waals surface area contributed by atoms with Crippen molar-refractivity contribution in [2.24, 2.45) is 0 Å². The summed E-state index contributed by atoms with van der Waals surface area (Å²) in [6.45, 7) is 0.422. The molecule has 0 spiro atoms. The first-order valence-electron chi connectivity index (χ1n) is 5.61. The highest BCUT2D eigenvalue weighted by atomic mass is 35.5. The van der Waals surface area contributed by atoms with Gasteiger partial charge in [-0.25, -0.2) is 4.39 Å². The quantitative estimate of drug-likeness (QED) is 0.623. The Bertz CT molecular complexity index is 449. The lowest BCUT2D eigenvalue weighted by Gasteiger charge is -2.08. The van der Waals surface area contributed by atoms with Gasteiger partial charge in [-0.1, -0.05) is 17.7 Å². The van der Waals surface area contributed by atoms with E-state index in [1.807, 2.05) is 0 Å². The van der Waals surface area contributed by atoms with Gasteiger partial charge in [0.2, 0.25) is 5.91 Å². The number of hydrogen-bond donors (Lipinski definition) is 2. The van der Waals surface area contributed by atoms with E-state index in [0.717, 1.165) is 6.07 Å². The van der Waals surface area contributed by atoms with Crippen LogP contribution >= 0.6 is 23.2 Å². The topological polar surface area (TPSA) is 58.2 Å². The summed E-state index contributed by atoms with van der Waals surface area (Å²) in [6.07, 6.45) is 0.217. The zero-order valence-corrected chi connectivity index (χ0v) is 11.5. The summed E-state index contributed by atoms with van der Waals surface area (Å²) in [4.78, 5) is 22.8. The molecule has 2 N–H and O–H groups in total. The van der Waals surface area contributed by atoms with Crippen molar-refractivity contribution < 1.29 is 14.0 Å². The van der Waals surface area contributed by atoms with Gasteiger partial charge in [0.15, 0.2) is 0 Å². The number of hydrogen-bond acceptors (Lipinski definition) is 2. The van der Waals surface area contributed by atoms with Gasteiger partial charge >= 0.3 is 0 Å². The zero-order valence-electron chi connectivity index (χ0n) is 10.0. The Morgan fingerprint density at radius 3 is 2.53 bits per heavy atom. The molecule has 1 aromatic carbocycles. The van der Waals surface area contributed by atoms with E-state index >= 15 is 0 Å². The SMILES string of the molecule is O=C(CCCl)NCCNC(=O)c1c(F)cccc1Cl. The molecule has 0 fully saturated rings. The summed E-state index contributed by atoms with van der Waals surface area (Å²) >= 11 is 11.1. The summed E-state index contributed by atoms with van der Waals surface area (Å²) in [5, 5.41) is 5.07. The highest BCUT2D eigenvalue weighted by Crippen LogP contribution is 2.18. The van der Waals surface area contributed by atoms with Crippen LogP contribution in [0.4, 0.5) is 4.39 Å². The van der Waals surface area contributed by atoms with E-state index < -0.39 is 11.7 Å². The third kappa shape index (κ3) is 5.04. The molecule has 0 aromatic heterocycles. The Morgan fingerprint density at radius 1 is 1.21 bits per heavy atom. The molecule has 0 heterocycles. The number of benzene rings is 1. The minimum atomic E-state index is -0.684. The van der Waals surface area contributed by atoms with Crippen LogP contribution in [-0.4, -0.2) is 30.8 Å². The molecule has 0 saturated carbocycles. The molecule has 7 heteroatoms. The van der Waals surface area contributed by atoms with Crippen LogP contribution in [0.15, 0.2) is 18.2 Å². The van der Waals surface area contributed by atoms with E-state index in [2.05, 4.69) is 10.6 Å². The van der Waals surface area contributed by atoms with Crippen LogP contribution < -0.4 is 10.6 Å². The summed E-state index contributed by atoms with van der Waals surface area (Å²) in [5.74, 6) is -1.26. The molecular formula is C12H13Cl2FN2O2. The van der Waals surface area contributed by atoms with Crippen molar-refractivity contribution in [3.05, 3.63) is 34.6 Å². The van der Waals surface area contributed by atoms with Gasteiger partial charge in [-0.3, -0.25) is 9.59 Å². The molecule has 1 aromatic rings. The van der Waals surface area contributed by atoms with Crippen LogP contribution in [0, 0.1) is 5.82 Å². The number of alkyl halides is 1. The Balaban J connectivity index is 2.42. The van der Waals surface area contributed by atoms with E-state index in [1.54, 1.807) is 0 Å². The number of carbonyl (C=O) groups excluding carboxylic acids is 2. The fraction of sp³-hybridized carbons (Fsp3) is 0.333. The van der Waals surface area contributed by atoms with Gasteiger partial charge in [0.25, 0.3) is 5.91 Å². The zero-order chi connectivity index (χ0) is 14.3. The van der Waals surface area contributed by atoms with Crippen LogP contribution in [0.2, 0.25) is 5.02 Å². The smallest absolute Gasteiger partial charge is 0.255 e. The maximum Gasteiger partial charge on any atom is 0.255 e. The first-order chi connectivity index (χ1) is 9.06. The fourth-order valence-electron chi connectivity index (χ4n) is 1.36. The van der Waals surface area contributed by atoms with E-state index in [1.165, 1.54) is 12.1 Å². The van der Waals surface area contributed by atoms with Crippen LogP contribution in [0.25, 0.3) is 0 Å². The van der Waals surface area contributed by atoms with Gasteiger partial charge in [-0.2, -0.15) is 0 Å². The number of rotatable bonds is 6. The van der Waals surface area contributed by atoms with E-state index in [-0.39, 0.29) is 41.9 Å². The third-order valence-corrected chi connectivity index (χ3v) is 2.75. The van der Waals surface area contributed by atoms with Crippen molar-refractivity contribution in [1.29, 1.82) is 0 Å². The highest BCUT2D eigenvalue weighted by Gasteiger charge is 2.14. The molecular weight excluding hydrogens is 294 g/mol. The van der Waals surface area contributed by atoms with Crippen molar-refractivity contribution in [2.45, 2.75) is 6.42 Å². The second-order valence-electron chi connectivity index (χ2n) is 3.64. The average Bonchev–Trinajstić information content (AvgIpc) is 2.35. The van der Waals surface area contributed by atoms with E-state index in [4.69, 9.17) is 23.2 Å². The van der Waals surface area contributed by atoms with Crippen molar-refractivity contribution in [3.63, 3.8) is 0 Å². The largest absolute Gasteiger partial charge is 0.354 e. The van der Waals surface area contributed by atoms with Crippen LogP contribution in [0.5, 0.6) is 0 Å². The Labute approximate surface area is 120 Å². The molecule has 1 rings (SSSR count). The van der Waals surface area contributed by atoms with Crippen LogP contribution in [0.3, 0.4) is 0 Å². The summed E-state index contributed by atoms with van der Waals surface area (Å²) in [5.41, 5.74) is -0.198. The van der Waals surface area contributed by atoms with Crippen LogP contribution in [0.1, 0.15) is 16.8 Å². The molecule has 19 heavy (non-hydrogen) atoms. The predicted octanol–water partition coefficient (Wildman–Crippen LogP) is 1.95. The first kappa shape index (κ1) is 15.7. The minimum absolute atomic E-state index is 0.0451. The van der Waals surface area contributed by atoms with Gasteiger partial charge in [-0.15, -0.1) is 11.6 Å². The molecule has 0 aliphatic heterocycles. The summed E-state index contributed by atoms with van der Waals surface area (Å²) < 4.78 is 13.4. The molecule has 0 aliphatic carbocycles. The van der Waals surface area contributed by atoms with Crippen LogP contribution in [-0.2, 0) is 4.79 Å². The number of carbonyl (C=O) groups is 2. The Hall–Kier alpha value is -1.33. The standard InChI is InChI=1S/C12H13Cl2FN2O2/c13-5-4-10(18)16-6-7-17-12(19)11-8(14)2-1-3-9(11)15/h1-3H,4-7H2,(H,16,18)(H,17,19). The normalized spacial score (nSPS) is 10.1. The third-order valence-electron chi connectivity index (χ3n) is 2.24. The van der Waals surface area contributed by atoms with Crippen molar-refractivity contribution in [2.75, 3.05) is 19.0 Å². The van der Waals surface area contributed by atoms with E-state index in [9.17, 15) is 14.0 Å². The Morgan fingerprint density at radius 2 is 1.89 bits per heavy atom.